The van der Waals surface area contributed by atoms with Gasteiger partial charge in [-0.2, -0.15) is 5.10 Å². The van der Waals surface area contributed by atoms with Crippen molar-refractivity contribution in [1.82, 2.24) is 15.1 Å². The maximum absolute atomic E-state index is 13.8. The lowest BCUT2D eigenvalue weighted by molar-refractivity contribution is -0.126. The summed E-state index contributed by atoms with van der Waals surface area (Å²) in [5.74, 6) is -1.32. The third kappa shape index (κ3) is 4.69. The molecule has 0 radical (unpaired) electrons. The number of fused-ring (bicyclic) bond motifs is 1. The molecular formula is C27H30N4O4. The summed E-state index contributed by atoms with van der Waals surface area (Å²) in [7, 11) is 0. The van der Waals surface area contributed by atoms with Gasteiger partial charge in [-0.3, -0.25) is 19.2 Å². The topological polar surface area (TPSA) is 93.5 Å². The van der Waals surface area contributed by atoms with Gasteiger partial charge >= 0.3 is 5.97 Å². The molecule has 1 N–H and O–H groups in total. The van der Waals surface area contributed by atoms with Gasteiger partial charge in [-0.05, 0) is 50.5 Å². The van der Waals surface area contributed by atoms with E-state index in [4.69, 9.17) is 4.74 Å². The zero-order valence-electron chi connectivity index (χ0n) is 20.5. The van der Waals surface area contributed by atoms with E-state index < -0.39 is 17.4 Å². The van der Waals surface area contributed by atoms with Crippen LogP contribution >= 0.6 is 0 Å². The smallest absolute Gasteiger partial charge is 0.358 e. The van der Waals surface area contributed by atoms with Crippen molar-refractivity contribution in [3.05, 3.63) is 82.7 Å². The van der Waals surface area contributed by atoms with Crippen molar-refractivity contribution < 1.29 is 19.1 Å². The average Bonchev–Trinajstić information content (AvgIpc) is 3.28. The van der Waals surface area contributed by atoms with Crippen LogP contribution in [0.25, 0.3) is 0 Å². The van der Waals surface area contributed by atoms with E-state index in [-0.39, 0.29) is 30.4 Å². The van der Waals surface area contributed by atoms with Crippen molar-refractivity contribution in [3.63, 3.8) is 0 Å². The number of anilines is 1. The molecular weight excluding hydrogens is 444 g/mol. The molecule has 0 spiro atoms. The summed E-state index contributed by atoms with van der Waals surface area (Å²) in [6, 6.07) is 16.9. The lowest BCUT2D eigenvalue weighted by Gasteiger charge is -2.43. The van der Waals surface area contributed by atoms with Crippen LogP contribution in [-0.4, -0.2) is 39.7 Å². The second-order valence-electron chi connectivity index (χ2n) is 8.90. The number of nitrogens with zero attached hydrogens (tertiary/aromatic N) is 3. The fourth-order valence-electron chi connectivity index (χ4n) is 4.28. The first kappa shape index (κ1) is 24.2. The van der Waals surface area contributed by atoms with Crippen LogP contribution in [-0.2, 0) is 29.0 Å². The molecule has 2 heterocycles. The minimum Gasteiger partial charge on any atom is -0.461 e. The molecule has 0 saturated heterocycles. The lowest BCUT2D eigenvalue weighted by atomic mass is 9.93. The number of aromatic nitrogens is 2. The number of carbonyl (C=O) groups is 3. The Morgan fingerprint density at radius 2 is 1.83 bits per heavy atom. The molecule has 0 unspecified atom stereocenters. The number of aryl methyl sites for hydroxylation is 2. The normalized spacial score (nSPS) is 17.1. The Bertz CT molecular complexity index is 1260. The van der Waals surface area contributed by atoms with Gasteiger partial charge in [0.05, 0.1) is 13.2 Å². The third-order valence-electron chi connectivity index (χ3n) is 6.28. The van der Waals surface area contributed by atoms with Crippen molar-refractivity contribution >= 4 is 23.5 Å². The summed E-state index contributed by atoms with van der Waals surface area (Å²) in [4.78, 5) is 41.2. The van der Waals surface area contributed by atoms with Crippen LogP contribution in [0.3, 0.4) is 0 Å². The minimum atomic E-state index is -1.28. The summed E-state index contributed by atoms with van der Waals surface area (Å²) >= 11 is 0. The van der Waals surface area contributed by atoms with E-state index in [1.807, 2.05) is 62.4 Å². The first-order valence-electron chi connectivity index (χ1n) is 11.8. The predicted molar refractivity (Wildman–Crippen MR) is 132 cm³/mol. The first-order valence-corrected chi connectivity index (χ1v) is 11.8. The average molecular weight is 475 g/mol. The summed E-state index contributed by atoms with van der Waals surface area (Å²) in [5.41, 5.74) is 2.75. The largest absolute Gasteiger partial charge is 0.461 e. The highest BCUT2D eigenvalue weighted by molar-refractivity contribution is 6.12. The van der Waals surface area contributed by atoms with Gasteiger partial charge in [0.25, 0.3) is 5.91 Å². The molecule has 0 aliphatic carbocycles. The molecule has 0 bridgehead atoms. The quantitative estimate of drug-likeness (QED) is 0.528. The molecule has 35 heavy (non-hydrogen) atoms. The lowest BCUT2D eigenvalue weighted by Crippen LogP contribution is -2.64. The Morgan fingerprint density at radius 3 is 2.51 bits per heavy atom. The Kier molecular flexibility index (Phi) is 6.73. The van der Waals surface area contributed by atoms with Crippen LogP contribution in [0, 0.1) is 6.92 Å². The molecule has 0 fully saturated rings. The highest BCUT2D eigenvalue weighted by Crippen LogP contribution is 2.33. The number of ether oxygens (including phenoxy) is 1. The van der Waals surface area contributed by atoms with Crippen LogP contribution in [0.5, 0.6) is 0 Å². The van der Waals surface area contributed by atoms with Crippen molar-refractivity contribution in [2.75, 3.05) is 11.5 Å². The number of benzene rings is 2. The zero-order valence-corrected chi connectivity index (χ0v) is 20.5. The molecule has 1 atom stereocenters. The fraction of sp³-hybridized carbons (Fsp3) is 0.333. The highest BCUT2D eigenvalue weighted by Gasteiger charge is 2.49. The van der Waals surface area contributed by atoms with Crippen LogP contribution in [0.2, 0.25) is 0 Å². The number of rotatable bonds is 7. The van der Waals surface area contributed by atoms with Crippen LogP contribution in [0.1, 0.15) is 58.4 Å². The number of hydrogen-bond donors (Lipinski definition) is 1. The maximum atomic E-state index is 13.8. The zero-order chi connectivity index (χ0) is 25.2. The first-order chi connectivity index (χ1) is 16.8. The van der Waals surface area contributed by atoms with Gasteiger partial charge in [-0.1, -0.05) is 48.9 Å². The molecule has 8 nitrogen and oxygen atoms in total. The Morgan fingerprint density at radius 1 is 1.09 bits per heavy atom. The van der Waals surface area contributed by atoms with E-state index in [1.54, 1.807) is 13.8 Å². The molecule has 1 aliphatic rings. The minimum absolute atomic E-state index is 0.0433. The molecule has 2 aromatic carbocycles. The number of nitrogens with one attached hydrogen (secondary N) is 1. The van der Waals surface area contributed by atoms with Crippen LogP contribution in [0.15, 0.2) is 54.6 Å². The SMILES string of the molecule is CCOC(=O)c1cc2n(n1)C[C@@](C)(C(=O)NCc1ccc(C)cc1)N(c1cccc(CC)c1)C2=O. The second kappa shape index (κ2) is 9.74. The highest BCUT2D eigenvalue weighted by atomic mass is 16.5. The molecule has 2 amide bonds. The van der Waals surface area contributed by atoms with Gasteiger partial charge in [0.15, 0.2) is 5.69 Å². The molecule has 1 aromatic heterocycles. The van der Waals surface area contributed by atoms with E-state index in [1.165, 1.54) is 15.6 Å². The molecule has 3 aromatic rings. The Labute approximate surface area is 204 Å². The van der Waals surface area contributed by atoms with Gasteiger partial charge in [0.2, 0.25) is 5.91 Å². The Hall–Kier alpha value is -3.94. The third-order valence-corrected chi connectivity index (χ3v) is 6.28. The fourth-order valence-corrected chi connectivity index (χ4v) is 4.28. The monoisotopic (exact) mass is 474 g/mol. The van der Waals surface area contributed by atoms with Gasteiger partial charge in [-0.25, -0.2) is 4.79 Å². The molecule has 0 saturated carbocycles. The van der Waals surface area contributed by atoms with Crippen LogP contribution < -0.4 is 10.2 Å². The summed E-state index contributed by atoms with van der Waals surface area (Å²) in [6.45, 7) is 8.08. The van der Waals surface area contributed by atoms with Gasteiger partial charge in [0, 0.05) is 18.3 Å². The number of esters is 1. The van der Waals surface area contributed by atoms with Crippen molar-refractivity contribution in [3.8, 4) is 0 Å². The van der Waals surface area contributed by atoms with E-state index in [0.29, 0.717) is 12.2 Å². The molecule has 182 valence electrons. The number of amides is 2. The summed E-state index contributed by atoms with van der Waals surface area (Å²) in [6.07, 6.45) is 0.789. The van der Waals surface area contributed by atoms with Crippen molar-refractivity contribution in [1.29, 1.82) is 0 Å². The van der Waals surface area contributed by atoms with Gasteiger partial charge in [0.1, 0.15) is 11.2 Å². The van der Waals surface area contributed by atoms with E-state index in [2.05, 4.69) is 10.4 Å². The van der Waals surface area contributed by atoms with E-state index >= 15 is 0 Å². The standard InChI is InChI=1S/C27H30N4O4/c1-5-19-8-7-9-21(14-19)31-24(32)23-15-22(25(33)35-6-2)29-30(23)17-27(31,4)26(34)28-16-20-12-10-18(3)11-13-20/h7-15H,5-6,16-17H2,1-4H3,(H,28,34)/t27-/m0/s1. The van der Waals surface area contributed by atoms with Crippen molar-refractivity contribution in [2.45, 2.75) is 52.7 Å². The number of hydrogen-bond acceptors (Lipinski definition) is 5. The Balaban J connectivity index is 1.72. The van der Waals surface area contributed by atoms with Gasteiger partial charge < -0.3 is 10.1 Å². The predicted octanol–water partition coefficient (Wildman–Crippen LogP) is 3.67. The number of carbonyl (C=O) groups excluding carboxylic acids is 3. The van der Waals surface area contributed by atoms with Crippen LogP contribution in [0.4, 0.5) is 5.69 Å². The van der Waals surface area contributed by atoms with Crippen molar-refractivity contribution in [2.24, 2.45) is 0 Å². The summed E-state index contributed by atoms with van der Waals surface area (Å²) < 4.78 is 6.49. The molecule has 8 heteroatoms. The molecule has 1 aliphatic heterocycles. The van der Waals surface area contributed by atoms with E-state index in [9.17, 15) is 14.4 Å². The van der Waals surface area contributed by atoms with Gasteiger partial charge in [-0.15, -0.1) is 0 Å². The molecule has 4 rings (SSSR count). The maximum Gasteiger partial charge on any atom is 0.358 e. The van der Waals surface area contributed by atoms with E-state index in [0.717, 1.165) is 23.1 Å². The summed E-state index contributed by atoms with van der Waals surface area (Å²) in [5, 5.41) is 7.29. The second-order valence-corrected chi connectivity index (χ2v) is 8.90.